The Morgan fingerprint density at radius 1 is 1.25 bits per heavy atom. The third kappa shape index (κ3) is 2.14. The van der Waals surface area contributed by atoms with E-state index in [1.165, 1.54) is 36.1 Å². The number of aromatic nitrogens is 3. The highest BCUT2D eigenvalue weighted by Crippen LogP contribution is 2.28. The van der Waals surface area contributed by atoms with Gasteiger partial charge in [-0.05, 0) is 63.8 Å². The molecule has 0 aliphatic heterocycles. The summed E-state index contributed by atoms with van der Waals surface area (Å²) in [5, 5.41) is 12.0. The lowest BCUT2D eigenvalue weighted by Crippen LogP contribution is -2.14. The Kier molecular flexibility index (Phi) is 3.57. The van der Waals surface area contributed by atoms with E-state index in [1.54, 1.807) is 0 Å². The summed E-state index contributed by atoms with van der Waals surface area (Å²) in [5.74, 6) is 0. The number of hydrogen-bond donors (Lipinski definition) is 1. The summed E-state index contributed by atoms with van der Waals surface area (Å²) in [6.07, 6.45) is 4.92. The highest BCUT2D eigenvalue weighted by atomic mass is 15.4. The third-order valence-electron chi connectivity index (χ3n) is 4.37. The van der Waals surface area contributed by atoms with Crippen molar-refractivity contribution >= 4 is 0 Å². The molecule has 0 amide bonds. The molecule has 1 atom stereocenters. The van der Waals surface area contributed by atoms with Gasteiger partial charge in [0.05, 0.1) is 17.4 Å². The number of hydrogen-bond acceptors (Lipinski definition) is 3. The first kappa shape index (κ1) is 13.3. The molecule has 1 aromatic heterocycles. The van der Waals surface area contributed by atoms with E-state index in [4.69, 9.17) is 0 Å². The summed E-state index contributed by atoms with van der Waals surface area (Å²) in [6, 6.07) is 6.78. The number of benzene rings is 1. The average molecular weight is 270 g/mol. The van der Waals surface area contributed by atoms with Gasteiger partial charge in [-0.15, -0.1) is 5.10 Å². The first-order valence-electron chi connectivity index (χ1n) is 7.43. The van der Waals surface area contributed by atoms with Crippen molar-refractivity contribution in [1.29, 1.82) is 0 Å². The van der Waals surface area contributed by atoms with Crippen LogP contribution in [0.1, 0.15) is 48.3 Å². The molecule has 106 valence electrons. The zero-order valence-corrected chi connectivity index (χ0v) is 12.5. The minimum Gasteiger partial charge on any atom is -0.312 e. The molecule has 1 unspecified atom stereocenters. The van der Waals surface area contributed by atoms with Gasteiger partial charge >= 0.3 is 0 Å². The molecule has 4 nitrogen and oxygen atoms in total. The van der Waals surface area contributed by atoms with Gasteiger partial charge in [-0.2, -0.15) is 0 Å². The van der Waals surface area contributed by atoms with Crippen molar-refractivity contribution in [3.63, 3.8) is 0 Å². The average Bonchev–Trinajstić information content (AvgIpc) is 2.87. The zero-order chi connectivity index (χ0) is 14.1. The van der Waals surface area contributed by atoms with Gasteiger partial charge in [-0.1, -0.05) is 17.3 Å². The summed E-state index contributed by atoms with van der Waals surface area (Å²) in [4.78, 5) is 0. The summed E-state index contributed by atoms with van der Waals surface area (Å²) in [7, 11) is 1.95. The number of nitrogens with zero attached hydrogens (tertiary/aromatic N) is 3. The Balaban J connectivity index is 2.08. The largest absolute Gasteiger partial charge is 0.312 e. The van der Waals surface area contributed by atoms with Crippen LogP contribution in [0.3, 0.4) is 0 Å². The van der Waals surface area contributed by atoms with Gasteiger partial charge in [0.25, 0.3) is 0 Å². The monoisotopic (exact) mass is 270 g/mol. The molecule has 4 heteroatoms. The molecular weight excluding hydrogens is 248 g/mol. The second kappa shape index (κ2) is 5.37. The van der Waals surface area contributed by atoms with Crippen molar-refractivity contribution < 1.29 is 0 Å². The molecule has 0 spiro atoms. The summed E-state index contributed by atoms with van der Waals surface area (Å²) in [6.45, 7) is 4.22. The van der Waals surface area contributed by atoms with Gasteiger partial charge in [0, 0.05) is 0 Å². The van der Waals surface area contributed by atoms with E-state index in [-0.39, 0.29) is 6.04 Å². The summed E-state index contributed by atoms with van der Waals surface area (Å²) in [5.41, 5.74) is 6.30. The standard InChI is InChI=1S/C16H22N4/c1-11(17-3)16-12(2)20(19-18-16)15-10-6-8-13-7-4-5-9-14(13)15/h6,8,10-11,17H,4-5,7,9H2,1-3H3. The van der Waals surface area contributed by atoms with Gasteiger partial charge in [0.1, 0.15) is 5.69 Å². The van der Waals surface area contributed by atoms with Gasteiger partial charge in [0.2, 0.25) is 0 Å². The Hall–Kier alpha value is -1.68. The van der Waals surface area contributed by atoms with E-state index in [0.717, 1.165) is 17.8 Å². The maximum atomic E-state index is 4.39. The van der Waals surface area contributed by atoms with Crippen molar-refractivity contribution in [2.45, 2.75) is 45.6 Å². The Morgan fingerprint density at radius 3 is 2.85 bits per heavy atom. The number of fused-ring (bicyclic) bond motifs is 1. The zero-order valence-electron chi connectivity index (χ0n) is 12.5. The second-order valence-corrected chi connectivity index (χ2v) is 5.60. The lowest BCUT2D eigenvalue weighted by molar-refractivity contribution is 0.627. The first-order valence-corrected chi connectivity index (χ1v) is 7.43. The molecule has 20 heavy (non-hydrogen) atoms. The first-order chi connectivity index (χ1) is 9.72. The van der Waals surface area contributed by atoms with E-state index in [9.17, 15) is 0 Å². The van der Waals surface area contributed by atoms with Crippen LogP contribution in [-0.2, 0) is 12.8 Å². The molecule has 0 saturated heterocycles. The van der Waals surface area contributed by atoms with Crippen molar-refractivity contribution in [1.82, 2.24) is 20.3 Å². The molecule has 1 aliphatic rings. The van der Waals surface area contributed by atoms with Crippen LogP contribution in [0, 0.1) is 6.92 Å². The fourth-order valence-electron chi connectivity index (χ4n) is 3.07. The number of nitrogens with one attached hydrogen (secondary N) is 1. The fourth-order valence-corrected chi connectivity index (χ4v) is 3.07. The van der Waals surface area contributed by atoms with Crippen molar-refractivity contribution in [2.75, 3.05) is 7.05 Å². The quantitative estimate of drug-likeness (QED) is 0.932. The van der Waals surface area contributed by atoms with Crippen LogP contribution in [-0.4, -0.2) is 22.0 Å². The molecule has 1 aromatic carbocycles. The predicted molar refractivity (Wildman–Crippen MR) is 80.2 cm³/mol. The number of aryl methyl sites for hydroxylation is 1. The third-order valence-corrected chi connectivity index (χ3v) is 4.37. The number of rotatable bonds is 3. The van der Waals surface area contributed by atoms with E-state index in [1.807, 2.05) is 11.7 Å². The molecular formula is C16H22N4. The maximum absolute atomic E-state index is 4.39. The SMILES string of the molecule is CNC(C)c1nnn(-c2cccc3c2CCCC3)c1C. The highest BCUT2D eigenvalue weighted by molar-refractivity contribution is 5.47. The van der Waals surface area contributed by atoms with E-state index < -0.39 is 0 Å². The van der Waals surface area contributed by atoms with Crippen molar-refractivity contribution in [3.8, 4) is 5.69 Å². The summed E-state index contributed by atoms with van der Waals surface area (Å²) < 4.78 is 2.01. The van der Waals surface area contributed by atoms with E-state index in [0.29, 0.717) is 0 Å². The van der Waals surface area contributed by atoms with Crippen molar-refractivity contribution in [2.24, 2.45) is 0 Å². The predicted octanol–water partition coefficient (Wildman–Crippen LogP) is 2.73. The molecule has 1 heterocycles. The summed E-state index contributed by atoms with van der Waals surface area (Å²) >= 11 is 0. The van der Waals surface area contributed by atoms with Crippen molar-refractivity contribution in [3.05, 3.63) is 40.7 Å². The van der Waals surface area contributed by atoms with Crippen LogP contribution < -0.4 is 5.32 Å². The second-order valence-electron chi connectivity index (χ2n) is 5.60. The molecule has 0 fully saturated rings. The van der Waals surface area contributed by atoms with Crippen LogP contribution in [0.4, 0.5) is 0 Å². The fraction of sp³-hybridized carbons (Fsp3) is 0.500. The normalized spacial score (nSPS) is 15.9. The molecule has 0 saturated carbocycles. The van der Waals surface area contributed by atoms with Crippen LogP contribution in [0.2, 0.25) is 0 Å². The van der Waals surface area contributed by atoms with Crippen LogP contribution >= 0.6 is 0 Å². The van der Waals surface area contributed by atoms with E-state index in [2.05, 4.69) is 47.7 Å². The Bertz CT molecular complexity index is 615. The van der Waals surface area contributed by atoms with E-state index >= 15 is 0 Å². The lowest BCUT2D eigenvalue weighted by Gasteiger charge is -2.19. The van der Waals surface area contributed by atoms with Gasteiger partial charge in [0.15, 0.2) is 0 Å². The molecule has 1 N–H and O–H groups in total. The molecule has 3 rings (SSSR count). The molecule has 0 bridgehead atoms. The van der Waals surface area contributed by atoms with Crippen LogP contribution in [0.5, 0.6) is 0 Å². The lowest BCUT2D eigenvalue weighted by atomic mass is 9.90. The molecule has 1 aliphatic carbocycles. The van der Waals surface area contributed by atoms with Crippen LogP contribution in [0.25, 0.3) is 5.69 Å². The highest BCUT2D eigenvalue weighted by Gasteiger charge is 2.19. The minimum absolute atomic E-state index is 0.225. The Labute approximate surface area is 120 Å². The van der Waals surface area contributed by atoms with Gasteiger partial charge < -0.3 is 5.32 Å². The van der Waals surface area contributed by atoms with Gasteiger partial charge in [-0.3, -0.25) is 0 Å². The smallest absolute Gasteiger partial charge is 0.103 e. The molecule has 2 aromatic rings. The topological polar surface area (TPSA) is 42.7 Å². The molecule has 0 radical (unpaired) electrons. The maximum Gasteiger partial charge on any atom is 0.103 e. The van der Waals surface area contributed by atoms with Crippen LogP contribution in [0.15, 0.2) is 18.2 Å². The van der Waals surface area contributed by atoms with Gasteiger partial charge in [-0.25, -0.2) is 4.68 Å². The Morgan fingerprint density at radius 2 is 2.05 bits per heavy atom. The minimum atomic E-state index is 0.225.